The van der Waals surface area contributed by atoms with Crippen LogP contribution in [0.3, 0.4) is 0 Å². The molecule has 80 valence electrons. The van der Waals surface area contributed by atoms with E-state index in [4.69, 9.17) is 4.74 Å². The van der Waals surface area contributed by atoms with Crippen molar-refractivity contribution in [3.05, 3.63) is 0 Å². The van der Waals surface area contributed by atoms with E-state index in [0.29, 0.717) is 12.6 Å². The number of carbonyl (C=O) groups is 1. The molecule has 1 amide bonds. The molecule has 5 heteroatoms. The zero-order valence-corrected chi connectivity index (χ0v) is 8.45. The summed E-state index contributed by atoms with van der Waals surface area (Å²) in [5.41, 5.74) is 0. The van der Waals surface area contributed by atoms with Gasteiger partial charge in [-0.3, -0.25) is 9.69 Å². The van der Waals surface area contributed by atoms with E-state index in [9.17, 15) is 4.79 Å². The summed E-state index contributed by atoms with van der Waals surface area (Å²) in [7, 11) is 1.67. The minimum atomic E-state index is -0.0964. The van der Waals surface area contributed by atoms with Crippen LogP contribution in [0.5, 0.6) is 0 Å². The summed E-state index contributed by atoms with van der Waals surface area (Å²) in [6, 6.07) is 0.419. The number of hydrogen-bond donors (Lipinski definition) is 2. The van der Waals surface area contributed by atoms with Crippen LogP contribution in [0.25, 0.3) is 0 Å². The molecule has 0 saturated carbocycles. The number of rotatable bonds is 2. The van der Waals surface area contributed by atoms with Crippen molar-refractivity contribution in [1.82, 2.24) is 15.5 Å². The molecule has 0 aliphatic carbocycles. The van der Waals surface area contributed by atoms with Crippen molar-refractivity contribution in [1.29, 1.82) is 0 Å². The number of carbonyl (C=O) groups excluding carboxylic acids is 1. The van der Waals surface area contributed by atoms with E-state index < -0.39 is 0 Å². The molecule has 1 unspecified atom stereocenters. The van der Waals surface area contributed by atoms with E-state index in [2.05, 4.69) is 15.5 Å². The number of nitrogens with one attached hydrogen (secondary N) is 2. The Labute approximate surface area is 83.8 Å². The van der Waals surface area contributed by atoms with Gasteiger partial charge in [0.15, 0.2) is 0 Å². The fourth-order valence-electron chi connectivity index (χ4n) is 1.95. The van der Waals surface area contributed by atoms with E-state index in [1.54, 1.807) is 7.05 Å². The van der Waals surface area contributed by atoms with E-state index >= 15 is 0 Å². The number of likely N-dealkylation sites (N-methyl/N-ethyl adjacent to an activating group) is 1. The molecule has 0 spiro atoms. The number of amides is 1. The van der Waals surface area contributed by atoms with Crippen LogP contribution in [0.15, 0.2) is 0 Å². The predicted octanol–water partition coefficient (Wildman–Crippen LogP) is -1.59. The maximum absolute atomic E-state index is 11.6. The van der Waals surface area contributed by atoms with Gasteiger partial charge in [0.05, 0.1) is 13.2 Å². The highest BCUT2D eigenvalue weighted by Crippen LogP contribution is 2.14. The molecule has 2 fully saturated rings. The molecule has 0 aromatic rings. The average Bonchev–Trinajstić information content (AvgIpc) is 2.15. The Kier molecular flexibility index (Phi) is 3.00. The zero-order chi connectivity index (χ0) is 9.97. The molecule has 0 bridgehead atoms. The molecule has 2 aliphatic heterocycles. The van der Waals surface area contributed by atoms with Crippen molar-refractivity contribution in [3.63, 3.8) is 0 Å². The number of hydrogen-bond acceptors (Lipinski definition) is 4. The van der Waals surface area contributed by atoms with Crippen molar-refractivity contribution in [2.24, 2.45) is 0 Å². The van der Waals surface area contributed by atoms with Crippen LogP contribution in [-0.2, 0) is 9.53 Å². The molecule has 14 heavy (non-hydrogen) atoms. The van der Waals surface area contributed by atoms with Gasteiger partial charge in [0, 0.05) is 32.7 Å². The lowest BCUT2D eigenvalue weighted by Crippen LogP contribution is -2.65. The Hall–Kier alpha value is -0.650. The van der Waals surface area contributed by atoms with Crippen molar-refractivity contribution in [2.45, 2.75) is 12.1 Å². The highest BCUT2D eigenvalue weighted by Gasteiger charge is 2.35. The fraction of sp³-hybridized carbons (Fsp3) is 0.889. The molecule has 0 aromatic carbocycles. The summed E-state index contributed by atoms with van der Waals surface area (Å²) in [5.74, 6) is 0.0663. The summed E-state index contributed by atoms with van der Waals surface area (Å²) in [5, 5.41) is 5.91. The third-order valence-electron chi connectivity index (χ3n) is 2.95. The molecule has 1 atom stereocenters. The second kappa shape index (κ2) is 4.25. The van der Waals surface area contributed by atoms with Crippen LogP contribution in [-0.4, -0.2) is 62.8 Å². The SMILES string of the molecule is CNC(=O)C1COCCN1C1CNC1. The highest BCUT2D eigenvalue weighted by molar-refractivity contribution is 5.81. The lowest BCUT2D eigenvalue weighted by molar-refractivity contribution is -0.135. The van der Waals surface area contributed by atoms with Gasteiger partial charge in [-0.2, -0.15) is 0 Å². The highest BCUT2D eigenvalue weighted by atomic mass is 16.5. The second-order valence-electron chi connectivity index (χ2n) is 3.75. The molecule has 2 rings (SSSR count). The number of nitrogens with zero attached hydrogens (tertiary/aromatic N) is 1. The van der Waals surface area contributed by atoms with Gasteiger partial charge in [0.25, 0.3) is 0 Å². The van der Waals surface area contributed by atoms with Crippen LogP contribution < -0.4 is 10.6 Å². The summed E-state index contributed by atoms with van der Waals surface area (Å²) in [6.07, 6.45) is 0. The van der Waals surface area contributed by atoms with Gasteiger partial charge in [0.1, 0.15) is 6.04 Å². The van der Waals surface area contributed by atoms with Crippen molar-refractivity contribution >= 4 is 5.91 Å². The molecule has 2 heterocycles. The van der Waals surface area contributed by atoms with Crippen LogP contribution >= 0.6 is 0 Å². The molecular formula is C9H17N3O2. The lowest BCUT2D eigenvalue weighted by atomic mass is 10.1. The van der Waals surface area contributed by atoms with Gasteiger partial charge >= 0.3 is 0 Å². The minimum absolute atomic E-state index is 0.0663. The Morgan fingerprint density at radius 1 is 1.57 bits per heavy atom. The summed E-state index contributed by atoms with van der Waals surface area (Å²) in [6.45, 7) is 4.12. The molecular weight excluding hydrogens is 182 g/mol. The first-order valence-electron chi connectivity index (χ1n) is 5.08. The molecule has 0 radical (unpaired) electrons. The van der Waals surface area contributed by atoms with Gasteiger partial charge in [-0.15, -0.1) is 0 Å². The molecule has 5 nitrogen and oxygen atoms in total. The monoisotopic (exact) mass is 199 g/mol. The summed E-state index contributed by atoms with van der Waals surface area (Å²) >= 11 is 0. The predicted molar refractivity (Wildman–Crippen MR) is 52.0 cm³/mol. The number of ether oxygens (including phenoxy) is 1. The maximum Gasteiger partial charge on any atom is 0.239 e. The summed E-state index contributed by atoms with van der Waals surface area (Å²) in [4.78, 5) is 13.8. The van der Waals surface area contributed by atoms with E-state index in [1.807, 2.05) is 0 Å². The molecule has 2 aliphatic rings. The molecule has 2 saturated heterocycles. The first-order valence-corrected chi connectivity index (χ1v) is 5.08. The maximum atomic E-state index is 11.6. The molecule has 0 aromatic heterocycles. The Morgan fingerprint density at radius 2 is 2.36 bits per heavy atom. The second-order valence-corrected chi connectivity index (χ2v) is 3.75. The van der Waals surface area contributed by atoms with E-state index in [-0.39, 0.29) is 11.9 Å². The van der Waals surface area contributed by atoms with E-state index in [0.717, 1.165) is 26.2 Å². The van der Waals surface area contributed by atoms with Crippen LogP contribution in [0.4, 0.5) is 0 Å². The van der Waals surface area contributed by atoms with Crippen LogP contribution in [0, 0.1) is 0 Å². The quantitative estimate of drug-likeness (QED) is 0.563. The topological polar surface area (TPSA) is 53.6 Å². The van der Waals surface area contributed by atoms with Crippen LogP contribution in [0.1, 0.15) is 0 Å². The standard InChI is InChI=1S/C9H17N3O2/c1-10-9(13)8-6-14-3-2-12(8)7-4-11-5-7/h7-8,11H,2-6H2,1H3,(H,10,13). The first kappa shape index (κ1) is 9.89. The third-order valence-corrected chi connectivity index (χ3v) is 2.95. The van der Waals surface area contributed by atoms with Crippen molar-refractivity contribution in [3.8, 4) is 0 Å². The number of morpholine rings is 1. The minimum Gasteiger partial charge on any atom is -0.378 e. The molecule has 2 N–H and O–H groups in total. The Morgan fingerprint density at radius 3 is 2.93 bits per heavy atom. The Balaban J connectivity index is 1.98. The normalized spacial score (nSPS) is 29.6. The first-order chi connectivity index (χ1) is 6.83. The lowest BCUT2D eigenvalue weighted by Gasteiger charge is -2.44. The average molecular weight is 199 g/mol. The largest absolute Gasteiger partial charge is 0.378 e. The third kappa shape index (κ3) is 1.75. The van der Waals surface area contributed by atoms with Crippen molar-refractivity contribution < 1.29 is 9.53 Å². The fourth-order valence-corrected chi connectivity index (χ4v) is 1.95. The van der Waals surface area contributed by atoms with E-state index in [1.165, 1.54) is 0 Å². The zero-order valence-electron chi connectivity index (χ0n) is 8.45. The van der Waals surface area contributed by atoms with Gasteiger partial charge in [-0.25, -0.2) is 0 Å². The van der Waals surface area contributed by atoms with Gasteiger partial charge in [-0.05, 0) is 0 Å². The van der Waals surface area contributed by atoms with Crippen molar-refractivity contribution in [2.75, 3.05) is 39.9 Å². The van der Waals surface area contributed by atoms with Gasteiger partial charge in [-0.1, -0.05) is 0 Å². The smallest absolute Gasteiger partial charge is 0.239 e. The summed E-state index contributed by atoms with van der Waals surface area (Å²) < 4.78 is 5.33. The van der Waals surface area contributed by atoms with Crippen LogP contribution in [0.2, 0.25) is 0 Å². The van der Waals surface area contributed by atoms with Gasteiger partial charge < -0.3 is 15.4 Å². The Bertz CT molecular complexity index is 218. The van der Waals surface area contributed by atoms with Gasteiger partial charge in [0.2, 0.25) is 5.91 Å².